The Labute approximate surface area is 141 Å². The van der Waals surface area contributed by atoms with Crippen LogP contribution < -0.4 is 11.1 Å². The van der Waals surface area contributed by atoms with E-state index in [1.54, 1.807) is 20.8 Å². The SMILES string of the molecule is Cc1ccc(COC(=O)[C@@H](CC(N)=O)NC(=O)OC(C)(C)C)cc1. The van der Waals surface area contributed by atoms with Crippen molar-refractivity contribution in [1.82, 2.24) is 5.32 Å². The zero-order valence-electron chi connectivity index (χ0n) is 14.4. The van der Waals surface area contributed by atoms with Gasteiger partial charge in [-0.05, 0) is 33.3 Å². The lowest BCUT2D eigenvalue weighted by molar-refractivity contribution is -0.148. The van der Waals surface area contributed by atoms with Crippen LogP contribution >= 0.6 is 0 Å². The Morgan fingerprint density at radius 3 is 2.25 bits per heavy atom. The summed E-state index contributed by atoms with van der Waals surface area (Å²) in [4.78, 5) is 35.0. The molecule has 1 aromatic carbocycles. The summed E-state index contributed by atoms with van der Waals surface area (Å²) in [6, 6.07) is 6.24. The molecule has 0 aliphatic rings. The number of carbonyl (C=O) groups excluding carboxylic acids is 3. The van der Waals surface area contributed by atoms with Crippen LogP contribution in [-0.2, 0) is 25.7 Å². The number of nitrogens with one attached hydrogen (secondary N) is 1. The van der Waals surface area contributed by atoms with Gasteiger partial charge in [0, 0.05) is 0 Å². The van der Waals surface area contributed by atoms with Gasteiger partial charge >= 0.3 is 12.1 Å². The first-order valence-corrected chi connectivity index (χ1v) is 7.57. The number of primary amides is 1. The van der Waals surface area contributed by atoms with Crippen LogP contribution in [0.25, 0.3) is 0 Å². The van der Waals surface area contributed by atoms with Gasteiger partial charge in [0.2, 0.25) is 5.91 Å². The van der Waals surface area contributed by atoms with Crippen molar-refractivity contribution in [3.05, 3.63) is 35.4 Å². The van der Waals surface area contributed by atoms with Gasteiger partial charge in [-0.2, -0.15) is 0 Å². The van der Waals surface area contributed by atoms with E-state index in [1.165, 1.54) is 0 Å². The molecule has 0 bridgehead atoms. The highest BCUT2D eigenvalue weighted by atomic mass is 16.6. The fraction of sp³-hybridized carbons (Fsp3) is 0.471. The van der Waals surface area contributed by atoms with Gasteiger partial charge in [0.05, 0.1) is 6.42 Å². The average molecular weight is 336 g/mol. The minimum atomic E-state index is -1.19. The monoisotopic (exact) mass is 336 g/mol. The number of carbonyl (C=O) groups is 3. The molecule has 2 amide bonds. The molecule has 3 N–H and O–H groups in total. The Morgan fingerprint density at radius 1 is 1.17 bits per heavy atom. The lowest BCUT2D eigenvalue weighted by Gasteiger charge is -2.22. The number of nitrogens with two attached hydrogens (primary N) is 1. The molecule has 132 valence electrons. The number of esters is 1. The van der Waals surface area contributed by atoms with Crippen molar-refractivity contribution in [2.45, 2.75) is 52.4 Å². The van der Waals surface area contributed by atoms with Crippen molar-refractivity contribution in [3.8, 4) is 0 Å². The number of hydrogen-bond acceptors (Lipinski definition) is 5. The molecule has 24 heavy (non-hydrogen) atoms. The predicted molar refractivity (Wildman–Crippen MR) is 87.9 cm³/mol. The fourth-order valence-electron chi connectivity index (χ4n) is 1.78. The second-order valence-corrected chi connectivity index (χ2v) is 6.46. The molecule has 1 rings (SSSR count). The summed E-state index contributed by atoms with van der Waals surface area (Å²) in [5.74, 6) is -1.48. The van der Waals surface area contributed by atoms with E-state index in [0.717, 1.165) is 11.1 Å². The van der Waals surface area contributed by atoms with Crippen molar-refractivity contribution in [2.24, 2.45) is 5.73 Å². The summed E-state index contributed by atoms with van der Waals surface area (Å²) < 4.78 is 10.2. The number of alkyl carbamates (subject to hydrolysis) is 1. The maximum absolute atomic E-state index is 12.1. The molecular weight excluding hydrogens is 312 g/mol. The van der Waals surface area contributed by atoms with E-state index >= 15 is 0 Å². The molecule has 0 radical (unpaired) electrons. The van der Waals surface area contributed by atoms with Gasteiger partial charge in [-0.25, -0.2) is 9.59 Å². The highest BCUT2D eigenvalue weighted by Crippen LogP contribution is 2.09. The van der Waals surface area contributed by atoms with Gasteiger partial charge in [-0.3, -0.25) is 4.79 Å². The number of ether oxygens (including phenoxy) is 2. The van der Waals surface area contributed by atoms with Crippen molar-refractivity contribution in [1.29, 1.82) is 0 Å². The van der Waals surface area contributed by atoms with Crippen LogP contribution in [0.1, 0.15) is 38.3 Å². The molecule has 1 aromatic rings. The maximum Gasteiger partial charge on any atom is 0.408 e. The smallest absolute Gasteiger partial charge is 0.408 e. The van der Waals surface area contributed by atoms with Crippen LogP contribution in [-0.4, -0.2) is 29.6 Å². The first kappa shape index (κ1) is 19.5. The van der Waals surface area contributed by atoms with Gasteiger partial charge in [0.15, 0.2) is 0 Å². The summed E-state index contributed by atoms with van der Waals surface area (Å²) in [5, 5.41) is 2.31. The van der Waals surface area contributed by atoms with Crippen LogP contribution in [0.4, 0.5) is 4.79 Å². The number of aryl methyl sites for hydroxylation is 1. The van der Waals surface area contributed by atoms with E-state index in [9.17, 15) is 14.4 Å². The minimum Gasteiger partial charge on any atom is -0.459 e. The standard InChI is InChI=1S/C17H24N2O5/c1-11-5-7-12(8-6-11)10-23-15(21)13(9-14(18)20)19-16(22)24-17(2,3)4/h5-8,13H,9-10H2,1-4H3,(H2,18,20)(H,19,22)/t13-/m1/s1. The third-order valence-electron chi connectivity index (χ3n) is 2.88. The summed E-state index contributed by atoms with van der Waals surface area (Å²) >= 11 is 0. The molecule has 0 saturated heterocycles. The van der Waals surface area contributed by atoms with Crippen LogP contribution in [0.3, 0.4) is 0 Å². The number of hydrogen-bond donors (Lipinski definition) is 2. The predicted octanol–water partition coefficient (Wildman–Crippen LogP) is 1.81. The van der Waals surface area contributed by atoms with E-state index in [-0.39, 0.29) is 13.0 Å². The first-order valence-electron chi connectivity index (χ1n) is 7.57. The number of benzene rings is 1. The van der Waals surface area contributed by atoms with Gasteiger partial charge in [-0.15, -0.1) is 0 Å². The first-order chi connectivity index (χ1) is 11.1. The Morgan fingerprint density at radius 2 is 1.75 bits per heavy atom. The van der Waals surface area contributed by atoms with Crippen LogP contribution in [0.15, 0.2) is 24.3 Å². The highest BCUT2D eigenvalue weighted by Gasteiger charge is 2.27. The molecule has 0 fully saturated rings. The fourth-order valence-corrected chi connectivity index (χ4v) is 1.78. The lowest BCUT2D eigenvalue weighted by atomic mass is 10.1. The molecule has 7 nitrogen and oxygen atoms in total. The Hall–Kier alpha value is -2.57. The summed E-state index contributed by atoms with van der Waals surface area (Å²) in [7, 11) is 0. The molecule has 1 atom stereocenters. The Balaban J connectivity index is 2.65. The molecule has 0 spiro atoms. The molecule has 0 aromatic heterocycles. The van der Waals surface area contributed by atoms with E-state index in [2.05, 4.69) is 5.32 Å². The Bertz CT molecular complexity index is 590. The number of amides is 2. The van der Waals surface area contributed by atoms with E-state index < -0.39 is 29.6 Å². The van der Waals surface area contributed by atoms with Crippen molar-refractivity contribution in [2.75, 3.05) is 0 Å². The molecule has 7 heteroatoms. The van der Waals surface area contributed by atoms with Crippen LogP contribution in [0.2, 0.25) is 0 Å². The van der Waals surface area contributed by atoms with Crippen molar-refractivity contribution >= 4 is 18.0 Å². The molecule has 0 heterocycles. The molecule has 0 unspecified atom stereocenters. The second-order valence-electron chi connectivity index (χ2n) is 6.46. The van der Waals surface area contributed by atoms with E-state index in [1.807, 2.05) is 31.2 Å². The van der Waals surface area contributed by atoms with Crippen LogP contribution in [0, 0.1) is 6.92 Å². The molecule has 0 saturated carbocycles. The van der Waals surface area contributed by atoms with Crippen molar-refractivity contribution in [3.63, 3.8) is 0 Å². The van der Waals surface area contributed by atoms with Gasteiger partial charge in [0.25, 0.3) is 0 Å². The number of rotatable bonds is 6. The lowest BCUT2D eigenvalue weighted by Crippen LogP contribution is -2.46. The minimum absolute atomic E-state index is 0.0321. The van der Waals surface area contributed by atoms with Crippen molar-refractivity contribution < 1.29 is 23.9 Å². The maximum atomic E-state index is 12.1. The highest BCUT2D eigenvalue weighted by molar-refractivity contribution is 5.87. The zero-order chi connectivity index (χ0) is 18.3. The second kappa shape index (κ2) is 8.33. The van der Waals surface area contributed by atoms with Gasteiger partial charge < -0.3 is 20.5 Å². The normalized spacial score (nSPS) is 12.2. The summed E-state index contributed by atoms with van der Waals surface area (Å²) in [6.45, 7) is 7.04. The topological polar surface area (TPSA) is 108 Å². The quantitative estimate of drug-likeness (QED) is 0.770. The van der Waals surface area contributed by atoms with E-state index in [0.29, 0.717) is 0 Å². The zero-order valence-corrected chi connectivity index (χ0v) is 14.4. The molecule has 0 aliphatic carbocycles. The molecule has 0 aliphatic heterocycles. The van der Waals surface area contributed by atoms with Crippen LogP contribution in [0.5, 0.6) is 0 Å². The largest absolute Gasteiger partial charge is 0.459 e. The van der Waals surface area contributed by atoms with Gasteiger partial charge in [0.1, 0.15) is 18.2 Å². The Kier molecular flexibility index (Phi) is 6.76. The molecular formula is C17H24N2O5. The summed E-state index contributed by atoms with van der Waals surface area (Å²) in [5.41, 5.74) is 6.27. The van der Waals surface area contributed by atoms with Gasteiger partial charge in [-0.1, -0.05) is 29.8 Å². The third kappa shape index (κ3) is 7.62. The summed E-state index contributed by atoms with van der Waals surface area (Å²) in [6.07, 6.45) is -1.19. The van der Waals surface area contributed by atoms with E-state index in [4.69, 9.17) is 15.2 Å². The third-order valence-corrected chi connectivity index (χ3v) is 2.88. The average Bonchev–Trinajstić information content (AvgIpc) is 2.43.